The van der Waals surface area contributed by atoms with Crippen LogP contribution in [0.3, 0.4) is 0 Å². The summed E-state index contributed by atoms with van der Waals surface area (Å²) in [6.07, 6.45) is -1.62. The van der Waals surface area contributed by atoms with Crippen LogP contribution in [-0.2, 0) is 18.9 Å². The molecule has 2 unspecified atom stereocenters. The molecule has 2 rings (SSSR count). The van der Waals surface area contributed by atoms with Crippen molar-refractivity contribution >= 4 is 0 Å². The third-order valence-corrected chi connectivity index (χ3v) is 3.09. The van der Waals surface area contributed by atoms with Crippen molar-refractivity contribution in [3.63, 3.8) is 0 Å². The normalized spacial score (nSPS) is 33.1. The summed E-state index contributed by atoms with van der Waals surface area (Å²) in [5.74, 6) is 0. The molecule has 0 aromatic carbocycles. The van der Waals surface area contributed by atoms with Crippen molar-refractivity contribution in [1.29, 1.82) is 0 Å². The van der Waals surface area contributed by atoms with E-state index in [4.69, 9.17) is 18.9 Å². The molecular formula is C13H20O7. The minimum Gasteiger partial charge on any atom is -0.733 e. The van der Waals surface area contributed by atoms with E-state index < -0.39 is 30.6 Å². The van der Waals surface area contributed by atoms with Crippen molar-refractivity contribution in [1.82, 2.24) is 0 Å². The molecule has 0 bridgehead atoms. The Kier molecular flexibility index (Phi) is 5.28. The second-order valence-corrected chi connectivity index (χ2v) is 4.58. The van der Waals surface area contributed by atoms with Crippen LogP contribution in [-0.4, -0.2) is 66.8 Å². The van der Waals surface area contributed by atoms with Gasteiger partial charge in [-0.1, -0.05) is 12.2 Å². The van der Waals surface area contributed by atoms with Crippen LogP contribution < -0.4 is 5.11 Å². The Bertz CT molecular complexity index is 334. The maximum atomic E-state index is 12.4. The lowest BCUT2D eigenvalue weighted by atomic mass is 10.1. The predicted molar refractivity (Wildman–Crippen MR) is 66.5 cm³/mol. The Balaban J connectivity index is 1.96. The van der Waals surface area contributed by atoms with E-state index in [-0.39, 0.29) is 26.4 Å². The van der Waals surface area contributed by atoms with Crippen LogP contribution in [0.25, 0.3) is 0 Å². The van der Waals surface area contributed by atoms with E-state index in [0.717, 1.165) is 0 Å². The molecule has 2 aliphatic rings. The zero-order valence-corrected chi connectivity index (χ0v) is 11.1. The molecule has 2 saturated heterocycles. The van der Waals surface area contributed by atoms with Crippen molar-refractivity contribution in [3.8, 4) is 0 Å². The van der Waals surface area contributed by atoms with Gasteiger partial charge in [-0.25, -0.2) is 0 Å². The van der Waals surface area contributed by atoms with E-state index in [1.807, 2.05) is 0 Å². The molecule has 7 heteroatoms. The number of hydrogen-bond donors (Lipinski definition) is 1. The van der Waals surface area contributed by atoms with Crippen LogP contribution in [0.4, 0.5) is 0 Å². The fourth-order valence-electron chi connectivity index (χ4n) is 2.22. The Labute approximate surface area is 117 Å². The Morgan fingerprint density at radius 3 is 2.40 bits per heavy atom. The van der Waals surface area contributed by atoms with Gasteiger partial charge in [0.2, 0.25) is 6.10 Å². The molecule has 0 aliphatic carbocycles. The Morgan fingerprint density at radius 1 is 1.20 bits per heavy atom. The summed E-state index contributed by atoms with van der Waals surface area (Å²) in [7, 11) is 0. The third-order valence-electron chi connectivity index (χ3n) is 3.09. The fourth-order valence-corrected chi connectivity index (χ4v) is 2.22. The van der Waals surface area contributed by atoms with Gasteiger partial charge in [-0.15, -0.1) is 13.2 Å². The van der Waals surface area contributed by atoms with Crippen molar-refractivity contribution in [2.75, 3.05) is 26.4 Å². The molecule has 0 aromatic rings. The summed E-state index contributed by atoms with van der Waals surface area (Å²) in [6.45, 7) is 7.33. The lowest BCUT2D eigenvalue weighted by molar-refractivity contribution is -0.745. The standard InChI is InChI=1S/C13H19O7/c1-3-5-18-13(15,19-6-4-2)20-10-8-17-11-9(14)7-16-12(10)11/h3-4,9-12,14H,1-2,5-8H2/q-1/p+1/t9?,10?,11-,12-/m1/s1. The number of ether oxygens (including phenoxy) is 5. The summed E-state index contributed by atoms with van der Waals surface area (Å²) >= 11 is 0. The van der Waals surface area contributed by atoms with Crippen molar-refractivity contribution < 1.29 is 33.9 Å². The highest BCUT2D eigenvalue weighted by molar-refractivity contribution is 4.94. The largest absolute Gasteiger partial charge is 0.733 e. The summed E-state index contributed by atoms with van der Waals surface area (Å²) in [5, 5.41) is 22.0. The lowest BCUT2D eigenvalue weighted by Crippen LogP contribution is -2.58. The van der Waals surface area contributed by atoms with E-state index in [0.29, 0.717) is 0 Å². The van der Waals surface area contributed by atoms with Crippen LogP contribution in [0.2, 0.25) is 0 Å². The first-order valence-corrected chi connectivity index (χ1v) is 6.43. The molecule has 2 fully saturated rings. The zero-order chi connectivity index (χ0) is 14.6. The molecule has 20 heavy (non-hydrogen) atoms. The molecule has 0 radical (unpaired) electrons. The Hall–Kier alpha value is -0.800. The molecule has 0 spiro atoms. The van der Waals surface area contributed by atoms with Crippen LogP contribution in [0, 0.1) is 0 Å². The first kappa shape index (κ1) is 15.6. The topological polar surface area (TPSA) is 93.0 Å². The molecule has 7 nitrogen and oxygen atoms in total. The highest BCUT2D eigenvalue weighted by Crippen LogP contribution is 2.29. The summed E-state index contributed by atoms with van der Waals surface area (Å²) < 4.78 is 24.9. The number of hydrogen-bond acceptors (Lipinski definition) is 6. The second-order valence-electron chi connectivity index (χ2n) is 4.58. The molecule has 4 atom stereocenters. The van der Waals surface area contributed by atoms with Gasteiger partial charge >= 0.3 is 6.16 Å². The van der Waals surface area contributed by atoms with E-state index in [1.54, 1.807) is 0 Å². The first-order chi connectivity index (χ1) is 9.59. The first-order valence-electron chi connectivity index (χ1n) is 6.43. The minimum absolute atomic E-state index is 0.00922. The van der Waals surface area contributed by atoms with Crippen LogP contribution in [0.15, 0.2) is 25.3 Å². The van der Waals surface area contributed by atoms with Crippen LogP contribution >= 0.6 is 0 Å². The number of rotatable bonds is 8. The minimum atomic E-state index is -2.36. The number of aliphatic hydroxyl groups is 3. The van der Waals surface area contributed by atoms with Crippen molar-refractivity contribution in [2.45, 2.75) is 30.6 Å². The highest BCUT2D eigenvalue weighted by Gasteiger charge is 2.52. The second kappa shape index (κ2) is 6.77. The van der Waals surface area contributed by atoms with Gasteiger partial charge in [0.25, 0.3) is 0 Å². The van der Waals surface area contributed by atoms with Crippen molar-refractivity contribution in [3.05, 3.63) is 25.3 Å². The van der Waals surface area contributed by atoms with Gasteiger partial charge in [0, 0.05) is 0 Å². The van der Waals surface area contributed by atoms with Gasteiger partial charge in [0.05, 0.1) is 19.8 Å². The smallest absolute Gasteiger partial charge is 0.351 e. The lowest BCUT2D eigenvalue weighted by Gasteiger charge is -2.35. The van der Waals surface area contributed by atoms with E-state index in [2.05, 4.69) is 17.9 Å². The van der Waals surface area contributed by atoms with Crippen molar-refractivity contribution in [2.24, 2.45) is 0 Å². The molecule has 0 aromatic heterocycles. The third kappa shape index (κ3) is 3.44. The molecule has 2 aliphatic heterocycles. The average Bonchev–Trinajstić information content (AvgIpc) is 2.99. The van der Waals surface area contributed by atoms with Gasteiger partial charge in [0.15, 0.2) is 6.10 Å². The van der Waals surface area contributed by atoms with Gasteiger partial charge in [0.1, 0.15) is 18.8 Å². The predicted octanol–water partition coefficient (Wildman–Crippen LogP) is -1.58. The number of aliphatic hydroxyl groups excluding tert-OH is 1. The zero-order valence-electron chi connectivity index (χ0n) is 11.1. The molecule has 2 heterocycles. The summed E-state index contributed by atoms with van der Waals surface area (Å²) in [5.41, 5.74) is 0. The van der Waals surface area contributed by atoms with Gasteiger partial charge in [-0.05, 0) is 0 Å². The maximum Gasteiger partial charge on any atom is 0.351 e. The maximum absolute atomic E-state index is 12.4. The highest BCUT2D eigenvalue weighted by atomic mass is 17.0. The number of fused-ring (bicyclic) bond motifs is 1. The molecule has 2 N–H and O–H groups in total. The van der Waals surface area contributed by atoms with Gasteiger partial charge < -0.3 is 24.4 Å². The van der Waals surface area contributed by atoms with E-state index in [9.17, 15) is 10.2 Å². The average molecular weight is 288 g/mol. The summed E-state index contributed by atoms with van der Waals surface area (Å²) in [6, 6.07) is 0. The molecule has 0 saturated carbocycles. The monoisotopic (exact) mass is 288 g/mol. The molecular weight excluding hydrogens is 268 g/mol. The molecule has 0 amide bonds. The van der Waals surface area contributed by atoms with E-state index in [1.165, 1.54) is 12.2 Å². The fraction of sp³-hybridized carbons (Fsp3) is 0.692. The molecule has 114 valence electrons. The van der Waals surface area contributed by atoms with E-state index >= 15 is 0 Å². The quantitative estimate of drug-likeness (QED) is 0.329. The SMILES string of the molecule is C=CCOC([O-])(OCC=C)[OH+]C1CO[C@@H]2C(O)CO[C@H]12. The van der Waals surface area contributed by atoms with Crippen LogP contribution in [0.1, 0.15) is 0 Å². The van der Waals surface area contributed by atoms with Gasteiger partial charge in [-0.2, -0.15) is 0 Å². The summed E-state index contributed by atoms with van der Waals surface area (Å²) in [4.78, 5) is 0. The van der Waals surface area contributed by atoms with Crippen LogP contribution in [0.5, 0.6) is 0 Å². The Morgan fingerprint density at radius 2 is 1.80 bits per heavy atom. The van der Waals surface area contributed by atoms with Gasteiger partial charge in [-0.3, -0.25) is 9.47 Å².